The van der Waals surface area contributed by atoms with Crippen molar-refractivity contribution in [2.45, 2.75) is 0 Å². The van der Waals surface area contributed by atoms with Crippen molar-refractivity contribution in [1.82, 2.24) is 0 Å². The van der Waals surface area contributed by atoms with Crippen molar-refractivity contribution in [3.63, 3.8) is 0 Å². The fraction of sp³-hybridized carbons (Fsp3) is 0.0889. The molecule has 0 N–H and O–H groups in total. The van der Waals surface area contributed by atoms with Crippen LogP contribution < -0.4 is 57.5 Å². The molecule has 0 spiro atoms. The van der Waals surface area contributed by atoms with Crippen LogP contribution in [0.4, 0.5) is 68.2 Å². The molecule has 0 radical (unpaired) electrons. The highest BCUT2D eigenvalue weighted by Crippen LogP contribution is 2.53. The summed E-state index contributed by atoms with van der Waals surface area (Å²) >= 11 is 0. The van der Waals surface area contributed by atoms with Gasteiger partial charge in [0.25, 0.3) is 0 Å². The summed E-state index contributed by atoms with van der Waals surface area (Å²) in [7, 11) is 13.5. The molecule has 15 rings (SSSR count). The van der Waals surface area contributed by atoms with Gasteiger partial charge in [0, 0.05) is 68.2 Å². The number of ether oxygens (including phenoxy) is 8. The lowest BCUT2D eigenvalue weighted by atomic mass is 9.97. The normalized spacial score (nSPS) is 11.5. The van der Waals surface area contributed by atoms with Crippen LogP contribution in [-0.2, 0) is 0 Å². The molecule has 0 heterocycles. The quantitative estimate of drug-likeness (QED) is 0.0648. The molecule has 502 valence electrons. The summed E-state index contributed by atoms with van der Waals surface area (Å²) in [6, 6.07) is 102. The SMILES string of the molecule is COc1ccc(N(c2ccc(OC)cc2)c2ccc3c(c2)C(=Cc2cccc(C=C4c5cc(N(c6ccc(OC)cc6)c6ccc(OC)cc6)ccc5-c5ccc(N(c6ccc(OC)cc6)c6ccc(OC)cc6)cc54)c2)c2cc(N(c4ccc(OC)cc4)c4ccc(OC)cc4)ccc2-3)cc1. The van der Waals surface area contributed by atoms with E-state index >= 15 is 0 Å². The molecule has 0 aliphatic heterocycles. The smallest absolute Gasteiger partial charge is 0.119 e. The molecular weight excluding hydrogens is 1270 g/mol. The van der Waals surface area contributed by atoms with Gasteiger partial charge >= 0.3 is 0 Å². The summed E-state index contributed by atoms with van der Waals surface area (Å²) in [5.74, 6) is 6.17. The van der Waals surface area contributed by atoms with Crippen LogP contribution in [-0.4, -0.2) is 56.9 Å². The van der Waals surface area contributed by atoms with Gasteiger partial charge in [-0.05, 0) is 328 Å². The van der Waals surface area contributed by atoms with E-state index in [1.54, 1.807) is 56.9 Å². The molecule has 0 saturated heterocycles. The van der Waals surface area contributed by atoms with Gasteiger partial charge in [-0.15, -0.1) is 0 Å². The fourth-order valence-electron chi connectivity index (χ4n) is 13.8. The van der Waals surface area contributed by atoms with Gasteiger partial charge in [0.15, 0.2) is 0 Å². The number of fused-ring (bicyclic) bond motifs is 6. The van der Waals surface area contributed by atoms with E-state index < -0.39 is 0 Å². The van der Waals surface area contributed by atoms with Gasteiger partial charge in [-0.2, -0.15) is 0 Å². The number of rotatable bonds is 22. The van der Waals surface area contributed by atoms with E-state index in [1.165, 1.54) is 0 Å². The van der Waals surface area contributed by atoms with Gasteiger partial charge < -0.3 is 57.5 Å². The third-order valence-corrected chi connectivity index (χ3v) is 19.0. The first-order valence-corrected chi connectivity index (χ1v) is 33.6. The molecule has 102 heavy (non-hydrogen) atoms. The van der Waals surface area contributed by atoms with Crippen molar-refractivity contribution in [3.05, 3.63) is 325 Å². The minimum absolute atomic E-state index is 0.771. The summed E-state index contributed by atoms with van der Waals surface area (Å²) in [6.07, 6.45) is 4.71. The van der Waals surface area contributed by atoms with E-state index in [2.05, 4.69) is 226 Å². The maximum Gasteiger partial charge on any atom is 0.119 e. The van der Waals surface area contributed by atoms with Crippen molar-refractivity contribution in [3.8, 4) is 68.2 Å². The van der Waals surface area contributed by atoms with Gasteiger partial charge in [0.1, 0.15) is 46.0 Å². The van der Waals surface area contributed by atoms with Crippen LogP contribution in [0.15, 0.2) is 291 Å². The number of hydrogen-bond acceptors (Lipinski definition) is 12. The Hall–Kier alpha value is -13.1. The number of nitrogens with zero attached hydrogens (tertiary/aromatic N) is 4. The zero-order chi connectivity index (χ0) is 69.8. The monoisotopic (exact) mass is 1340 g/mol. The molecule has 12 nitrogen and oxygen atoms in total. The average molecular weight is 1340 g/mol. The standard InChI is InChI=1S/C90H74N4O8/c1-95-73-32-12-61(13-33-73)91(62-14-34-74(96-2)35-15-62)69-28-48-81-82-49-29-70(92(63-16-36-75(97-3)37-17-63)64-18-38-76(98-4)39-19-64)56-88(82)85(87(81)55-69)53-59-10-9-11-60(52-59)54-86-89-57-71(93(65-20-40-77(99-5)41-21-65)66-22-42-78(100-6)43-23-66)30-50-83(89)84-51-31-72(58-90(84)86)94(67-24-44-79(101-7)45-25-67)68-26-46-80(102-8)47-27-68/h9-58H,1-8H3. The lowest BCUT2D eigenvalue weighted by Gasteiger charge is -2.26. The molecule has 13 aromatic carbocycles. The van der Waals surface area contributed by atoms with E-state index in [1.807, 2.05) is 97.1 Å². The van der Waals surface area contributed by atoms with Gasteiger partial charge in [0.05, 0.1) is 56.9 Å². The molecule has 0 bridgehead atoms. The predicted octanol–water partition coefficient (Wildman–Crippen LogP) is 22.8. The largest absolute Gasteiger partial charge is 0.497 e. The second kappa shape index (κ2) is 28.4. The van der Waals surface area contributed by atoms with Crippen LogP contribution in [0.1, 0.15) is 33.4 Å². The van der Waals surface area contributed by atoms with Gasteiger partial charge in [-0.3, -0.25) is 0 Å². The van der Waals surface area contributed by atoms with Crippen molar-refractivity contribution in [2.75, 3.05) is 76.5 Å². The summed E-state index contributed by atoms with van der Waals surface area (Å²) < 4.78 is 45.4. The molecule has 2 aliphatic rings. The molecule has 2 aliphatic carbocycles. The molecule has 0 amide bonds. The summed E-state index contributed by atoms with van der Waals surface area (Å²) in [4.78, 5) is 9.12. The van der Waals surface area contributed by atoms with Crippen molar-refractivity contribution >= 4 is 91.5 Å². The molecule has 0 fully saturated rings. The predicted molar refractivity (Wildman–Crippen MR) is 415 cm³/mol. The third-order valence-electron chi connectivity index (χ3n) is 19.0. The van der Waals surface area contributed by atoms with E-state index in [4.69, 9.17) is 37.9 Å². The molecule has 0 saturated carbocycles. The highest BCUT2D eigenvalue weighted by atomic mass is 16.5. The zero-order valence-electron chi connectivity index (χ0n) is 57.9. The van der Waals surface area contributed by atoms with Gasteiger partial charge in [-0.25, -0.2) is 0 Å². The third kappa shape index (κ3) is 12.7. The van der Waals surface area contributed by atoms with Gasteiger partial charge in [0.2, 0.25) is 0 Å². The topological polar surface area (TPSA) is 86.8 Å². The lowest BCUT2D eigenvalue weighted by Crippen LogP contribution is -2.10. The summed E-state index contributed by atoms with van der Waals surface area (Å²) in [6.45, 7) is 0. The molecule has 12 heteroatoms. The molecule has 13 aromatic rings. The second-order valence-corrected chi connectivity index (χ2v) is 24.6. The van der Waals surface area contributed by atoms with Crippen molar-refractivity contribution in [2.24, 2.45) is 0 Å². The van der Waals surface area contributed by atoms with Crippen LogP contribution in [0.25, 0.3) is 45.6 Å². The van der Waals surface area contributed by atoms with E-state index in [0.29, 0.717) is 0 Å². The fourth-order valence-corrected chi connectivity index (χ4v) is 13.8. The maximum atomic E-state index is 5.67. The van der Waals surface area contributed by atoms with Crippen LogP contribution in [0.2, 0.25) is 0 Å². The minimum Gasteiger partial charge on any atom is -0.497 e. The zero-order valence-corrected chi connectivity index (χ0v) is 57.9. The minimum atomic E-state index is 0.771. The molecule has 0 aromatic heterocycles. The Morgan fingerprint density at radius 1 is 0.176 bits per heavy atom. The molecule has 0 atom stereocenters. The number of hydrogen-bond donors (Lipinski definition) is 0. The highest BCUT2D eigenvalue weighted by molar-refractivity contribution is 6.11. The van der Waals surface area contributed by atoms with Crippen molar-refractivity contribution < 1.29 is 37.9 Å². The Morgan fingerprint density at radius 3 is 0.510 bits per heavy atom. The Balaban J connectivity index is 0.917. The maximum absolute atomic E-state index is 5.67. The van der Waals surface area contributed by atoms with Gasteiger partial charge in [-0.1, -0.05) is 42.5 Å². The van der Waals surface area contributed by atoms with E-state index in [-0.39, 0.29) is 0 Å². The Kier molecular flexibility index (Phi) is 18.1. The molecule has 0 unspecified atom stereocenters. The van der Waals surface area contributed by atoms with Crippen LogP contribution in [0.5, 0.6) is 46.0 Å². The summed E-state index contributed by atoms with van der Waals surface area (Å²) in [5, 5.41) is 0. The van der Waals surface area contributed by atoms with Crippen LogP contribution in [0, 0.1) is 0 Å². The first kappa shape index (κ1) is 64.9. The van der Waals surface area contributed by atoms with E-state index in [0.717, 1.165) is 181 Å². The first-order valence-electron chi connectivity index (χ1n) is 33.6. The average Bonchev–Trinajstić information content (AvgIpc) is 1.59. The Morgan fingerprint density at radius 2 is 0.343 bits per heavy atom. The van der Waals surface area contributed by atoms with Crippen LogP contribution in [0.3, 0.4) is 0 Å². The second-order valence-electron chi connectivity index (χ2n) is 24.6. The van der Waals surface area contributed by atoms with Crippen molar-refractivity contribution in [1.29, 1.82) is 0 Å². The number of benzene rings is 13. The van der Waals surface area contributed by atoms with Crippen LogP contribution >= 0.6 is 0 Å². The Bertz CT molecular complexity index is 4420. The highest BCUT2D eigenvalue weighted by Gasteiger charge is 2.30. The van der Waals surface area contributed by atoms with E-state index in [9.17, 15) is 0 Å². The number of methoxy groups -OCH3 is 8. The Labute approximate surface area is 595 Å². The number of anilines is 12. The lowest BCUT2D eigenvalue weighted by molar-refractivity contribution is 0.414. The summed E-state index contributed by atoms with van der Waals surface area (Å²) in [5.41, 5.74) is 24.7. The first-order chi connectivity index (χ1) is 50.1. The molecular formula is C90H74N4O8.